The van der Waals surface area contributed by atoms with Gasteiger partial charge in [0.25, 0.3) is 0 Å². The summed E-state index contributed by atoms with van der Waals surface area (Å²) in [5, 5.41) is 8.98. The molecule has 0 aliphatic carbocycles. The summed E-state index contributed by atoms with van der Waals surface area (Å²) in [5.74, 6) is 0. The van der Waals surface area contributed by atoms with Crippen LogP contribution in [-0.4, -0.2) is 31.1 Å². The molecular formula is C23H30Cl2N2. The van der Waals surface area contributed by atoms with E-state index in [1.165, 1.54) is 27.1 Å². The molecule has 0 spiro atoms. The third kappa shape index (κ3) is 4.25. The van der Waals surface area contributed by atoms with E-state index in [2.05, 4.69) is 85.6 Å². The number of halogens is 2. The first kappa shape index (κ1) is 22.0. The summed E-state index contributed by atoms with van der Waals surface area (Å²) >= 11 is 0. The van der Waals surface area contributed by atoms with Gasteiger partial charge in [0, 0.05) is 32.2 Å². The van der Waals surface area contributed by atoms with Crippen LogP contribution >= 0.6 is 24.8 Å². The quantitative estimate of drug-likeness (QED) is 0.540. The highest BCUT2D eigenvalue weighted by Crippen LogP contribution is 2.43. The molecule has 4 rings (SSSR count). The fourth-order valence-corrected chi connectivity index (χ4v) is 4.46. The SMILES string of the molecule is CC(C)(C)[C@@H](c1cc2ccccc2c2ccccc12)N1CCNCC1.Cl.Cl. The standard InChI is InChI=1S/C23H28N2.2ClH/c1-23(2,3)22(25-14-12-24-13-15-25)21-16-17-8-4-5-9-18(17)19-10-6-7-11-20(19)21;;/h4-11,16,22,24H,12-15H2,1-3H3;2*1H/t22-;;/m1../s1. The molecule has 1 fully saturated rings. The van der Waals surface area contributed by atoms with Gasteiger partial charge in [-0.3, -0.25) is 4.90 Å². The van der Waals surface area contributed by atoms with Crippen LogP contribution in [0.1, 0.15) is 32.4 Å². The predicted octanol–water partition coefficient (Wildman–Crippen LogP) is 5.83. The van der Waals surface area contributed by atoms with Crippen molar-refractivity contribution in [1.29, 1.82) is 0 Å². The van der Waals surface area contributed by atoms with Crippen LogP contribution in [0.25, 0.3) is 21.5 Å². The lowest BCUT2D eigenvalue weighted by molar-refractivity contribution is 0.0873. The molecule has 2 nitrogen and oxygen atoms in total. The smallest absolute Gasteiger partial charge is 0.0403 e. The minimum atomic E-state index is 0. The Hall–Kier alpha value is -1.32. The maximum absolute atomic E-state index is 3.50. The molecule has 3 aromatic rings. The summed E-state index contributed by atoms with van der Waals surface area (Å²) in [7, 11) is 0. The topological polar surface area (TPSA) is 15.3 Å². The summed E-state index contributed by atoms with van der Waals surface area (Å²) in [6.45, 7) is 11.5. The van der Waals surface area contributed by atoms with Gasteiger partial charge in [-0.25, -0.2) is 0 Å². The van der Waals surface area contributed by atoms with Gasteiger partial charge in [0.2, 0.25) is 0 Å². The van der Waals surface area contributed by atoms with E-state index in [1.54, 1.807) is 0 Å². The van der Waals surface area contributed by atoms with E-state index < -0.39 is 0 Å². The number of rotatable bonds is 2. The third-order valence-corrected chi connectivity index (χ3v) is 5.43. The molecule has 0 radical (unpaired) electrons. The first-order valence-corrected chi connectivity index (χ1v) is 9.41. The highest BCUT2D eigenvalue weighted by atomic mass is 35.5. The molecule has 0 aromatic heterocycles. The van der Waals surface area contributed by atoms with Crippen molar-refractivity contribution in [2.75, 3.05) is 26.2 Å². The number of benzene rings is 3. The molecule has 1 atom stereocenters. The molecule has 27 heavy (non-hydrogen) atoms. The van der Waals surface area contributed by atoms with Gasteiger partial charge >= 0.3 is 0 Å². The maximum atomic E-state index is 3.50. The van der Waals surface area contributed by atoms with Gasteiger partial charge in [0.1, 0.15) is 0 Å². The first-order chi connectivity index (χ1) is 12.1. The van der Waals surface area contributed by atoms with Crippen LogP contribution in [0.15, 0.2) is 54.6 Å². The highest BCUT2D eigenvalue weighted by Gasteiger charge is 2.33. The molecule has 146 valence electrons. The van der Waals surface area contributed by atoms with E-state index in [0.29, 0.717) is 6.04 Å². The summed E-state index contributed by atoms with van der Waals surface area (Å²) in [6.07, 6.45) is 0. The second kappa shape index (κ2) is 8.79. The maximum Gasteiger partial charge on any atom is 0.0403 e. The van der Waals surface area contributed by atoms with E-state index in [1.807, 2.05) is 0 Å². The van der Waals surface area contributed by atoms with Gasteiger partial charge in [-0.05, 0) is 38.6 Å². The average molecular weight is 405 g/mol. The Kier molecular flexibility index (Phi) is 7.15. The molecule has 1 aliphatic heterocycles. The normalized spacial score (nSPS) is 16.6. The minimum absolute atomic E-state index is 0. The van der Waals surface area contributed by atoms with Crippen molar-refractivity contribution < 1.29 is 0 Å². The fourth-order valence-electron chi connectivity index (χ4n) is 4.46. The van der Waals surface area contributed by atoms with E-state index >= 15 is 0 Å². The van der Waals surface area contributed by atoms with Gasteiger partial charge in [-0.2, -0.15) is 0 Å². The molecule has 4 heteroatoms. The van der Waals surface area contributed by atoms with E-state index in [0.717, 1.165) is 26.2 Å². The van der Waals surface area contributed by atoms with Gasteiger partial charge in [0.15, 0.2) is 0 Å². The van der Waals surface area contributed by atoms with Crippen molar-refractivity contribution >= 4 is 46.4 Å². The van der Waals surface area contributed by atoms with E-state index in [4.69, 9.17) is 0 Å². The average Bonchev–Trinajstić information content (AvgIpc) is 2.62. The molecule has 1 N–H and O–H groups in total. The highest BCUT2D eigenvalue weighted by molar-refractivity contribution is 6.09. The van der Waals surface area contributed by atoms with E-state index in [9.17, 15) is 0 Å². The predicted molar refractivity (Wildman–Crippen MR) is 123 cm³/mol. The van der Waals surface area contributed by atoms with Crippen LogP contribution in [0.3, 0.4) is 0 Å². The van der Waals surface area contributed by atoms with Gasteiger partial charge in [-0.1, -0.05) is 69.3 Å². The number of nitrogens with zero attached hydrogens (tertiary/aromatic N) is 1. The van der Waals surface area contributed by atoms with Gasteiger partial charge < -0.3 is 5.32 Å². The third-order valence-electron chi connectivity index (χ3n) is 5.43. The number of piperazine rings is 1. The Morgan fingerprint density at radius 3 is 2.00 bits per heavy atom. The Morgan fingerprint density at radius 2 is 1.37 bits per heavy atom. The molecule has 1 aliphatic rings. The summed E-state index contributed by atoms with van der Waals surface area (Å²) in [4.78, 5) is 2.67. The zero-order chi connectivity index (χ0) is 17.4. The zero-order valence-electron chi connectivity index (χ0n) is 16.4. The molecule has 0 saturated carbocycles. The fraction of sp³-hybridized carbons (Fsp3) is 0.391. The molecular weight excluding hydrogens is 375 g/mol. The van der Waals surface area contributed by atoms with Crippen molar-refractivity contribution in [3.05, 3.63) is 60.2 Å². The van der Waals surface area contributed by atoms with Crippen molar-refractivity contribution in [2.45, 2.75) is 26.8 Å². The summed E-state index contributed by atoms with van der Waals surface area (Å²) in [5.41, 5.74) is 1.66. The number of fused-ring (bicyclic) bond motifs is 3. The largest absolute Gasteiger partial charge is 0.314 e. The molecule has 0 amide bonds. The van der Waals surface area contributed by atoms with Crippen LogP contribution in [0.5, 0.6) is 0 Å². The number of hydrogen-bond donors (Lipinski definition) is 1. The van der Waals surface area contributed by atoms with Crippen molar-refractivity contribution in [2.24, 2.45) is 5.41 Å². The molecule has 0 unspecified atom stereocenters. The minimum Gasteiger partial charge on any atom is -0.314 e. The number of nitrogens with one attached hydrogen (secondary N) is 1. The molecule has 3 aromatic carbocycles. The lowest BCUT2D eigenvalue weighted by Gasteiger charge is -2.43. The van der Waals surface area contributed by atoms with E-state index in [-0.39, 0.29) is 30.2 Å². The Bertz CT molecular complexity index is 896. The Balaban J connectivity index is 0.00000131. The Morgan fingerprint density at radius 1 is 0.815 bits per heavy atom. The molecule has 1 heterocycles. The Labute approximate surface area is 175 Å². The van der Waals surface area contributed by atoms with Crippen LogP contribution in [-0.2, 0) is 0 Å². The summed E-state index contributed by atoms with van der Waals surface area (Å²) in [6, 6.07) is 20.6. The van der Waals surface area contributed by atoms with Crippen LogP contribution in [0.2, 0.25) is 0 Å². The van der Waals surface area contributed by atoms with Gasteiger partial charge in [-0.15, -0.1) is 24.8 Å². The van der Waals surface area contributed by atoms with Crippen molar-refractivity contribution in [1.82, 2.24) is 10.2 Å². The second-order valence-electron chi connectivity index (χ2n) is 8.29. The first-order valence-electron chi connectivity index (χ1n) is 9.41. The lowest BCUT2D eigenvalue weighted by atomic mass is 9.78. The molecule has 0 bridgehead atoms. The van der Waals surface area contributed by atoms with Crippen LogP contribution in [0, 0.1) is 5.41 Å². The van der Waals surface area contributed by atoms with Crippen molar-refractivity contribution in [3.8, 4) is 0 Å². The van der Waals surface area contributed by atoms with Crippen LogP contribution < -0.4 is 5.32 Å². The molecule has 1 saturated heterocycles. The zero-order valence-corrected chi connectivity index (χ0v) is 18.0. The summed E-state index contributed by atoms with van der Waals surface area (Å²) < 4.78 is 0. The monoisotopic (exact) mass is 404 g/mol. The van der Waals surface area contributed by atoms with Crippen molar-refractivity contribution in [3.63, 3.8) is 0 Å². The van der Waals surface area contributed by atoms with Gasteiger partial charge in [0.05, 0.1) is 0 Å². The lowest BCUT2D eigenvalue weighted by Crippen LogP contribution is -2.48. The number of hydrogen-bond acceptors (Lipinski definition) is 2. The second-order valence-corrected chi connectivity index (χ2v) is 8.29. The van der Waals surface area contributed by atoms with Crippen LogP contribution in [0.4, 0.5) is 0 Å².